The highest BCUT2D eigenvalue weighted by Gasteiger charge is 2.23. The Morgan fingerprint density at radius 1 is 1.36 bits per heavy atom. The van der Waals surface area contributed by atoms with Crippen molar-refractivity contribution < 1.29 is 14.3 Å². The molecule has 5 nitrogen and oxygen atoms in total. The molecule has 1 saturated heterocycles. The first-order valence-corrected chi connectivity index (χ1v) is 7.93. The average Bonchev–Trinajstić information content (AvgIpc) is 2.55. The molecule has 1 aromatic rings. The van der Waals surface area contributed by atoms with E-state index < -0.39 is 0 Å². The molecule has 0 bridgehead atoms. The van der Waals surface area contributed by atoms with Gasteiger partial charge >= 0.3 is 0 Å². The molecule has 122 valence electrons. The Hall–Kier alpha value is -1.59. The number of rotatable bonds is 7. The van der Waals surface area contributed by atoms with E-state index in [1.165, 1.54) is 0 Å². The lowest BCUT2D eigenvalue weighted by Gasteiger charge is -2.29. The Morgan fingerprint density at radius 2 is 2.09 bits per heavy atom. The van der Waals surface area contributed by atoms with Crippen molar-refractivity contribution in [3.8, 4) is 11.5 Å². The molecule has 1 aliphatic rings. The van der Waals surface area contributed by atoms with Crippen LogP contribution in [0.3, 0.4) is 0 Å². The Morgan fingerprint density at radius 3 is 2.73 bits per heavy atom. The highest BCUT2D eigenvalue weighted by molar-refractivity contribution is 6.00. The van der Waals surface area contributed by atoms with Gasteiger partial charge in [-0.25, -0.2) is 0 Å². The molecule has 0 saturated carbocycles. The monoisotopic (exact) mass is 306 g/mol. The second-order valence-corrected chi connectivity index (χ2v) is 5.61. The third-order valence-electron chi connectivity index (χ3n) is 3.94. The molecule has 1 fully saturated rings. The maximum absolute atomic E-state index is 12.8. The van der Waals surface area contributed by atoms with E-state index in [9.17, 15) is 4.79 Å². The van der Waals surface area contributed by atoms with Gasteiger partial charge in [-0.05, 0) is 25.1 Å². The highest BCUT2D eigenvalue weighted by Crippen LogP contribution is 2.27. The van der Waals surface area contributed by atoms with Gasteiger partial charge in [0, 0.05) is 38.6 Å². The molecular formula is C17H26N2O3. The van der Waals surface area contributed by atoms with Crippen LogP contribution in [0.5, 0.6) is 11.5 Å². The van der Waals surface area contributed by atoms with Crippen molar-refractivity contribution in [2.24, 2.45) is 5.92 Å². The van der Waals surface area contributed by atoms with E-state index in [4.69, 9.17) is 9.47 Å². The molecule has 0 amide bonds. The van der Waals surface area contributed by atoms with Crippen LogP contribution < -0.4 is 14.8 Å². The van der Waals surface area contributed by atoms with Gasteiger partial charge in [0.15, 0.2) is 5.78 Å². The molecule has 1 heterocycles. The number of ketones is 1. The summed E-state index contributed by atoms with van der Waals surface area (Å²) in [5.41, 5.74) is 0.607. The Balaban J connectivity index is 2.10. The number of nitrogens with one attached hydrogen (secondary N) is 1. The van der Waals surface area contributed by atoms with Crippen LogP contribution in [0.2, 0.25) is 0 Å². The van der Waals surface area contributed by atoms with E-state index in [1.807, 2.05) is 19.9 Å². The van der Waals surface area contributed by atoms with Crippen LogP contribution >= 0.6 is 0 Å². The number of carbonyl (C=O) groups is 1. The molecule has 2 rings (SSSR count). The number of Topliss-reactive ketones (excluding diaryl/α,β-unsaturated/α-hetero) is 1. The predicted octanol–water partition coefficient (Wildman–Crippen LogP) is 1.82. The number of carbonyl (C=O) groups excluding carboxylic acids is 1. The summed E-state index contributed by atoms with van der Waals surface area (Å²) in [5, 5.41) is 3.33. The lowest BCUT2D eigenvalue weighted by atomic mass is 9.97. The Labute approximate surface area is 132 Å². The minimum absolute atomic E-state index is 0.0659. The van der Waals surface area contributed by atoms with Crippen LogP contribution in [-0.4, -0.2) is 57.1 Å². The number of ether oxygens (including phenoxy) is 2. The van der Waals surface area contributed by atoms with Gasteiger partial charge in [0.2, 0.25) is 0 Å². The standard InChI is InChI=1S/C17H26N2O3/c1-4-22-14-5-6-16(21-3)15(11-14)17(20)13(2)12-19-9-7-18-8-10-19/h5-6,11,13,18H,4,7-10,12H2,1-3H3. The summed E-state index contributed by atoms with van der Waals surface area (Å²) in [4.78, 5) is 15.1. The zero-order valence-corrected chi connectivity index (χ0v) is 13.7. The fourth-order valence-electron chi connectivity index (χ4n) is 2.77. The number of piperazine rings is 1. The molecule has 1 N–H and O–H groups in total. The molecule has 0 spiro atoms. The Kier molecular flexibility index (Phi) is 6.21. The lowest BCUT2D eigenvalue weighted by molar-refractivity contribution is 0.0884. The van der Waals surface area contributed by atoms with Crippen LogP contribution in [-0.2, 0) is 0 Å². The van der Waals surface area contributed by atoms with E-state index in [2.05, 4.69) is 10.2 Å². The summed E-state index contributed by atoms with van der Waals surface area (Å²) < 4.78 is 10.8. The van der Waals surface area contributed by atoms with Crippen molar-refractivity contribution in [2.45, 2.75) is 13.8 Å². The van der Waals surface area contributed by atoms with Gasteiger partial charge in [0.05, 0.1) is 19.3 Å². The summed E-state index contributed by atoms with van der Waals surface area (Å²) in [7, 11) is 1.59. The summed E-state index contributed by atoms with van der Waals surface area (Å²) in [6, 6.07) is 5.43. The van der Waals surface area contributed by atoms with Crippen molar-refractivity contribution in [1.82, 2.24) is 10.2 Å². The lowest BCUT2D eigenvalue weighted by Crippen LogP contribution is -2.45. The summed E-state index contributed by atoms with van der Waals surface area (Å²) in [6.45, 7) is 9.24. The van der Waals surface area contributed by atoms with E-state index in [0.29, 0.717) is 23.7 Å². The van der Waals surface area contributed by atoms with Gasteiger partial charge in [0.1, 0.15) is 11.5 Å². The minimum Gasteiger partial charge on any atom is -0.496 e. The maximum atomic E-state index is 12.8. The number of nitrogens with zero attached hydrogens (tertiary/aromatic N) is 1. The van der Waals surface area contributed by atoms with Crippen LogP contribution in [0, 0.1) is 5.92 Å². The van der Waals surface area contributed by atoms with E-state index in [0.717, 1.165) is 32.7 Å². The molecule has 0 aromatic heterocycles. The van der Waals surface area contributed by atoms with Gasteiger partial charge in [-0.2, -0.15) is 0 Å². The van der Waals surface area contributed by atoms with Crippen LogP contribution in [0.1, 0.15) is 24.2 Å². The van der Waals surface area contributed by atoms with Gasteiger partial charge in [0.25, 0.3) is 0 Å². The quantitative estimate of drug-likeness (QED) is 0.779. The van der Waals surface area contributed by atoms with Crippen molar-refractivity contribution in [3.05, 3.63) is 23.8 Å². The van der Waals surface area contributed by atoms with Crippen LogP contribution in [0.25, 0.3) is 0 Å². The zero-order valence-electron chi connectivity index (χ0n) is 13.7. The average molecular weight is 306 g/mol. The summed E-state index contributed by atoms with van der Waals surface area (Å²) in [6.07, 6.45) is 0. The van der Waals surface area contributed by atoms with E-state index in [1.54, 1.807) is 19.2 Å². The van der Waals surface area contributed by atoms with Gasteiger partial charge in [-0.15, -0.1) is 0 Å². The largest absolute Gasteiger partial charge is 0.496 e. The van der Waals surface area contributed by atoms with E-state index >= 15 is 0 Å². The molecule has 1 unspecified atom stereocenters. The minimum atomic E-state index is -0.0659. The first kappa shape index (κ1) is 16.8. The molecule has 5 heteroatoms. The molecule has 1 aromatic carbocycles. The van der Waals surface area contributed by atoms with Crippen LogP contribution in [0.4, 0.5) is 0 Å². The number of hydrogen-bond acceptors (Lipinski definition) is 5. The van der Waals surface area contributed by atoms with Crippen molar-refractivity contribution >= 4 is 5.78 Å². The van der Waals surface area contributed by atoms with Crippen molar-refractivity contribution in [1.29, 1.82) is 0 Å². The second kappa shape index (κ2) is 8.15. The summed E-state index contributed by atoms with van der Waals surface area (Å²) >= 11 is 0. The second-order valence-electron chi connectivity index (χ2n) is 5.61. The third kappa shape index (κ3) is 4.21. The normalized spacial score (nSPS) is 17.0. The van der Waals surface area contributed by atoms with Crippen molar-refractivity contribution in [2.75, 3.05) is 46.4 Å². The highest BCUT2D eigenvalue weighted by atomic mass is 16.5. The van der Waals surface area contributed by atoms with Gasteiger partial charge in [-0.3, -0.25) is 4.79 Å². The Bertz CT molecular complexity index is 499. The number of methoxy groups -OCH3 is 1. The molecule has 0 aliphatic carbocycles. The molecule has 1 aliphatic heterocycles. The van der Waals surface area contributed by atoms with Gasteiger partial charge < -0.3 is 19.7 Å². The molecule has 1 atom stereocenters. The third-order valence-corrected chi connectivity index (χ3v) is 3.94. The maximum Gasteiger partial charge on any atom is 0.170 e. The van der Waals surface area contributed by atoms with E-state index in [-0.39, 0.29) is 11.7 Å². The SMILES string of the molecule is CCOc1ccc(OC)c(C(=O)C(C)CN2CCNCC2)c1. The fraction of sp³-hybridized carbons (Fsp3) is 0.588. The van der Waals surface area contributed by atoms with Gasteiger partial charge in [-0.1, -0.05) is 6.92 Å². The molecular weight excluding hydrogens is 280 g/mol. The first-order chi connectivity index (χ1) is 10.7. The number of hydrogen-bond donors (Lipinski definition) is 1. The smallest absolute Gasteiger partial charge is 0.170 e. The molecule has 22 heavy (non-hydrogen) atoms. The topological polar surface area (TPSA) is 50.8 Å². The van der Waals surface area contributed by atoms with Crippen molar-refractivity contribution in [3.63, 3.8) is 0 Å². The fourth-order valence-corrected chi connectivity index (χ4v) is 2.77. The zero-order chi connectivity index (χ0) is 15.9. The molecule has 0 radical (unpaired) electrons. The number of benzene rings is 1. The predicted molar refractivity (Wildman–Crippen MR) is 87.0 cm³/mol. The van der Waals surface area contributed by atoms with Crippen LogP contribution in [0.15, 0.2) is 18.2 Å². The summed E-state index contributed by atoms with van der Waals surface area (Å²) in [5.74, 6) is 1.36. The first-order valence-electron chi connectivity index (χ1n) is 7.93.